The van der Waals surface area contributed by atoms with Gasteiger partial charge in [0.15, 0.2) is 5.43 Å². The Morgan fingerprint density at radius 1 is 1.16 bits per heavy atom. The fraction of sp³-hybridized carbons (Fsp3) is 0.500. The Kier molecular flexibility index (Phi) is 5.13. The molecule has 3 heteroatoms. The Hall–Kier alpha value is -1.64. The van der Waals surface area contributed by atoms with Crippen molar-refractivity contribution in [2.75, 3.05) is 0 Å². The highest BCUT2D eigenvalue weighted by Gasteiger charge is 2.01. The van der Waals surface area contributed by atoms with Gasteiger partial charge in [-0.1, -0.05) is 39.0 Å². The molecule has 0 atom stereocenters. The average molecular weight is 258 g/mol. The molecule has 0 amide bonds. The van der Waals surface area contributed by atoms with E-state index in [0.717, 1.165) is 24.1 Å². The Labute approximate surface area is 114 Å². The molecular formula is C16H22N2O. The van der Waals surface area contributed by atoms with Crippen LogP contribution in [0.15, 0.2) is 29.3 Å². The molecule has 0 aliphatic rings. The summed E-state index contributed by atoms with van der Waals surface area (Å²) in [6.07, 6.45) is 11.9. The molecule has 1 N–H and O–H groups in total. The molecule has 19 heavy (non-hydrogen) atoms. The summed E-state index contributed by atoms with van der Waals surface area (Å²) in [4.78, 5) is 19.2. The SMILES string of the molecule is CCCCCCCCc1cc(=O)c2cnccc2[nH]1. The van der Waals surface area contributed by atoms with Gasteiger partial charge >= 0.3 is 0 Å². The number of aromatic amines is 1. The molecule has 0 aromatic carbocycles. The molecule has 0 spiro atoms. The number of rotatable bonds is 7. The van der Waals surface area contributed by atoms with Crippen molar-refractivity contribution in [3.8, 4) is 0 Å². The van der Waals surface area contributed by atoms with Gasteiger partial charge in [0.2, 0.25) is 0 Å². The summed E-state index contributed by atoms with van der Waals surface area (Å²) in [7, 11) is 0. The van der Waals surface area contributed by atoms with E-state index in [1.807, 2.05) is 6.07 Å². The van der Waals surface area contributed by atoms with Crippen LogP contribution in [0.2, 0.25) is 0 Å². The smallest absolute Gasteiger partial charge is 0.191 e. The van der Waals surface area contributed by atoms with E-state index < -0.39 is 0 Å². The maximum Gasteiger partial charge on any atom is 0.191 e. The second kappa shape index (κ2) is 7.07. The van der Waals surface area contributed by atoms with Crippen LogP contribution in [0.25, 0.3) is 10.9 Å². The topological polar surface area (TPSA) is 45.8 Å². The molecule has 3 nitrogen and oxygen atoms in total. The summed E-state index contributed by atoms with van der Waals surface area (Å²) < 4.78 is 0. The lowest BCUT2D eigenvalue weighted by molar-refractivity contribution is 0.605. The standard InChI is InChI=1S/C16H22N2O/c1-2-3-4-5-6-7-8-13-11-16(19)14-12-17-10-9-15(14)18-13/h9-12H,2-8H2,1H3,(H,18,19). The number of fused-ring (bicyclic) bond motifs is 1. The van der Waals surface area contributed by atoms with Gasteiger partial charge < -0.3 is 4.98 Å². The number of nitrogens with zero attached hydrogens (tertiary/aromatic N) is 1. The quantitative estimate of drug-likeness (QED) is 0.767. The molecular weight excluding hydrogens is 236 g/mol. The van der Waals surface area contributed by atoms with E-state index in [9.17, 15) is 4.79 Å². The first kappa shape index (κ1) is 13.8. The molecule has 102 valence electrons. The minimum absolute atomic E-state index is 0.0721. The highest BCUT2D eigenvalue weighted by atomic mass is 16.1. The predicted octanol–water partition coefficient (Wildman–Crippen LogP) is 3.83. The molecule has 2 aromatic rings. The Morgan fingerprint density at radius 2 is 1.95 bits per heavy atom. The zero-order valence-electron chi connectivity index (χ0n) is 11.6. The third-order valence-electron chi connectivity index (χ3n) is 3.49. The Balaban J connectivity index is 1.92. The van der Waals surface area contributed by atoms with E-state index in [4.69, 9.17) is 0 Å². The molecule has 0 bridgehead atoms. The number of nitrogens with one attached hydrogen (secondary N) is 1. The van der Waals surface area contributed by atoms with Crippen LogP contribution in [-0.2, 0) is 6.42 Å². The molecule has 2 rings (SSSR count). The molecule has 0 aliphatic heterocycles. The maximum absolute atomic E-state index is 11.9. The maximum atomic E-state index is 11.9. The van der Waals surface area contributed by atoms with Crippen molar-refractivity contribution in [1.82, 2.24) is 9.97 Å². The van der Waals surface area contributed by atoms with E-state index in [-0.39, 0.29) is 5.43 Å². The van der Waals surface area contributed by atoms with Crippen molar-refractivity contribution in [2.45, 2.75) is 51.9 Å². The number of aromatic nitrogens is 2. The minimum Gasteiger partial charge on any atom is -0.358 e. The van der Waals surface area contributed by atoms with E-state index >= 15 is 0 Å². The largest absolute Gasteiger partial charge is 0.358 e. The van der Waals surface area contributed by atoms with Crippen molar-refractivity contribution >= 4 is 10.9 Å². The van der Waals surface area contributed by atoms with E-state index in [0.29, 0.717) is 5.39 Å². The average Bonchev–Trinajstić information content (AvgIpc) is 2.43. The summed E-state index contributed by atoms with van der Waals surface area (Å²) in [6.45, 7) is 2.23. The van der Waals surface area contributed by atoms with E-state index in [1.165, 1.54) is 32.1 Å². The molecule has 0 fully saturated rings. The highest BCUT2D eigenvalue weighted by Crippen LogP contribution is 2.10. The fourth-order valence-corrected chi connectivity index (χ4v) is 2.38. The van der Waals surface area contributed by atoms with Crippen molar-refractivity contribution in [1.29, 1.82) is 0 Å². The molecule has 0 saturated carbocycles. The summed E-state index contributed by atoms with van der Waals surface area (Å²) in [6, 6.07) is 3.58. The first-order valence-corrected chi connectivity index (χ1v) is 7.27. The first-order chi connectivity index (χ1) is 9.31. The number of hydrogen-bond acceptors (Lipinski definition) is 2. The molecule has 0 saturated heterocycles. The van der Waals surface area contributed by atoms with Gasteiger partial charge in [0.25, 0.3) is 0 Å². The molecule has 0 radical (unpaired) electrons. The number of unbranched alkanes of at least 4 members (excludes halogenated alkanes) is 5. The minimum atomic E-state index is 0.0721. The van der Waals surface area contributed by atoms with Crippen molar-refractivity contribution in [3.63, 3.8) is 0 Å². The van der Waals surface area contributed by atoms with Crippen LogP contribution in [0.3, 0.4) is 0 Å². The first-order valence-electron chi connectivity index (χ1n) is 7.27. The van der Waals surface area contributed by atoms with Crippen LogP contribution >= 0.6 is 0 Å². The van der Waals surface area contributed by atoms with E-state index in [2.05, 4.69) is 16.9 Å². The lowest BCUT2D eigenvalue weighted by Crippen LogP contribution is -2.05. The summed E-state index contributed by atoms with van der Waals surface area (Å²) in [5, 5.41) is 0.675. The van der Waals surface area contributed by atoms with Crippen LogP contribution in [0.5, 0.6) is 0 Å². The third kappa shape index (κ3) is 3.91. The highest BCUT2D eigenvalue weighted by molar-refractivity contribution is 5.77. The normalized spacial score (nSPS) is 11.0. The summed E-state index contributed by atoms with van der Waals surface area (Å²) >= 11 is 0. The van der Waals surface area contributed by atoms with E-state index in [1.54, 1.807) is 18.5 Å². The zero-order valence-corrected chi connectivity index (χ0v) is 11.6. The number of hydrogen-bond donors (Lipinski definition) is 1. The van der Waals surface area contributed by atoms with Crippen LogP contribution in [-0.4, -0.2) is 9.97 Å². The second-order valence-corrected chi connectivity index (χ2v) is 5.10. The van der Waals surface area contributed by atoms with Crippen molar-refractivity contribution < 1.29 is 0 Å². The summed E-state index contributed by atoms with van der Waals surface area (Å²) in [5.74, 6) is 0. The third-order valence-corrected chi connectivity index (χ3v) is 3.49. The number of aryl methyl sites for hydroxylation is 1. The van der Waals surface area contributed by atoms with Gasteiger partial charge in [-0.25, -0.2) is 0 Å². The molecule has 2 heterocycles. The van der Waals surface area contributed by atoms with Gasteiger partial charge in [0.1, 0.15) is 0 Å². The van der Waals surface area contributed by atoms with Gasteiger partial charge in [0.05, 0.1) is 10.9 Å². The monoisotopic (exact) mass is 258 g/mol. The van der Waals surface area contributed by atoms with Crippen LogP contribution < -0.4 is 5.43 Å². The predicted molar refractivity (Wildman–Crippen MR) is 79.4 cm³/mol. The van der Waals surface area contributed by atoms with Gasteiger partial charge in [-0.05, 0) is 18.9 Å². The molecule has 2 aromatic heterocycles. The lowest BCUT2D eigenvalue weighted by Gasteiger charge is -2.04. The zero-order chi connectivity index (χ0) is 13.5. The van der Waals surface area contributed by atoms with Crippen LogP contribution in [0.4, 0.5) is 0 Å². The molecule has 0 aliphatic carbocycles. The lowest BCUT2D eigenvalue weighted by atomic mass is 10.1. The second-order valence-electron chi connectivity index (χ2n) is 5.10. The van der Waals surface area contributed by atoms with Gasteiger partial charge in [0, 0.05) is 24.2 Å². The van der Waals surface area contributed by atoms with Gasteiger partial charge in [-0.3, -0.25) is 9.78 Å². The molecule has 0 unspecified atom stereocenters. The van der Waals surface area contributed by atoms with Crippen molar-refractivity contribution in [3.05, 3.63) is 40.4 Å². The summed E-state index contributed by atoms with van der Waals surface area (Å²) in [5.41, 5.74) is 2.01. The van der Waals surface area contributed by atoms with Crippen LogP contribution in [0.1, 0.15) is 51.1 Å². The van der Waals surface area contributed by atoms with Crippen molar-refractivity contribution in [2.24, 2.45) is 0 Å². The fourth-order valence-electron chi connectivity index (χ4n) is 2.38. The number of pyridine rings is 2. The Morgan fingerprint density at radius 3 is 2.79 bits per heavy atom. The van der Waals surface area contributed by atoms with Crippen LogP contribution in [0, 0.1) is 0 Å². The number of H-pyrrole nitrogens is 1. The van der Waals surface area contributed by atoms with Gasteiger partial charge in [-0.15, -0.1) is 0 Å². The Bertz CT molecular complexity index is 574. The van der Waals surface area contributed by atoms with Gasteiger partial charge in [-0.2, -0.15) is 0 Å².